The first kappa shape index (κ1) is 9.87. The Morgan fingerprint density at radius 3 is 2.17 bits per heavy atom. The number of hydrogen-bond acceptors (Lipinski definition) is 0. The molecule has 0 nitrogen and oxygen atoms in total. The molecule has 1 fully saturated rings. The van der Waals surface area contributed by atoms with Crippen LogP contribution in [0.3, 0.4) is 0 Å². The smallest absolute Gasteiger partial charge is 0.171 e. The summed E-state index contributed by atoms with van der Waals surface area (Å²) >= 11 is 0. The lowest BCUT2D eigenvalue weighted by Gasteiger charge is -2.40. The predicted octanol–water partition coefficient (Wildman–Crippen LogP) is 3.77. The van der Waals surface area contributed by atoms with Crippen molar-refractivity contribution in [2.75, 3.05) is 0 Å². The van der Waals surface area contributed by atoms with Gasteiger partial charge in [0.05, 0.1) is 5.41 Å². The lowest BCUT2D eigenvalue weighted by Crippen LogP contribution is -2.42. The topological polar surface area (TPSA) is 0 Å². The van der Waals surface area contributed by atoms with Crippen molar-refractivity contribution < 1.29 is 13.2 Å². The Hall–Kier alpha value is -0.210. The van der Waals surface area contributed by atoms with Crippen LogP contribution in [0, 0.1) is 11.3 Å². The summed E-state index contributed by atoms with van der Waals surface area (Å²) in [6.45, 7) is 3.07. The molecule has 12 heavy (non-hydrogen) atoms. The number of hydrogen-bond donors (Lipinski definition) is 0. The molecule has 1 unspecified atom stereocenters. The van der Waals surface area contributed by atoms with Crippen molar-refractivity contribution in [3.8, 4) is 0 Å². The molecule has 72 valence electrons. The van der Waals surface area contributed by atoms with Crippen LogP contribution >= 0.6 is 0 Å². The van der Waals surface area contributed by atoms with Gasteiger partial charge in [0, 0.05) is 0 Å². The van der Waals surface area contributed by atoms with Gasteiger partial charge in [-0.3, -0.25) is 0 Å². The molecule has 0 aromatic rings. The van der Waals surface area contributed by atoms with E-state index in [0.717, 1.165) is 19.3 Å². The third-order valence-corrected chi connectivity index (χ3v) is 3.32. The summed E-state index contributed by atoms with van der Waals surface area (Å²) in [5.74, 6) is -0.216. The Morgan fingerprint density at radius 1 is 1.25 bits per heavy atom. The average molecular weight is 180 g/mol. The Labute approximate surface area is 71.1 Å². The van der Waals surface area contributed by atoms with E-state index in [0.29, 0.717) is 6.42 Å². The molecule has 1 rings (SSSR count). The van der Waals surface area contributed by atoms with Crippen molar-refractivity contribution in [3.05, 3.63) is 0 Å². The quantitative estimate of drug-likeness (QED) is 0.532. The van der Waals surface area contributed by atoms with E-state index >= 15 is 0 Å². The van der Waals surface area contributed by atoms with Crippen LogP contribution in [0.4, 0.5) is 13.2 Å². The van der Waals surface area contributed by atoms with Gasteiger partial charge in [0.2, 0.25) is 0 Å². The second-order valence-corrected chi connectivity index (χ2v) is 4.06. The first-order valence-corrected chi connectivity index (χ1v) is 4.44. The van der Waals surface area contributed by atoms with Gasteiger partial charge in [-0.05, 0) is 18.8 Å². The predicted molar refractivity (Wildman–Crippen MR) is 41.8 cm³/mol. The molecular formula is C9H15F3. The highest BCUT2D eigenvalue weighted by Gasteiger charge is 2.54. The van der Waals surface area contributed by atoms with Crippen LogP contribution in [0.15, 0.2) is 0 Å². The van der Waals surface area contributed by atoms with Gasteiger partial charge in [-0.2, -0.15) is 13.2 Å². The summed E-state index contributed by atoms with van der Waals surface area (Å²) in [6, 6.07) is 0. The van der Waals surface area contributed by atoms with Crippen molar-refractivity contribution in [1.82, 2.24) is 0 Å². The fraction of sp³-hybridized carbons (Fsp3) is 1.00. The molecule has 0 heterocycles. The van der Waals surface area contributed by atoms with Gasteiger partial charge in [0.1, 0.15) is 0 Å². The highest BCUT2D eigenvalue weighted by molar-refractivity contribution is 4.89. The molecule has 0 amide bonds. The standard InChI is InChI=1S/C9H15F3/c1-7-5-3-4-6-8(7,2)9(10,11)12/h7H,3-6H2,1-2H3/t7-,8?/m1/s1. The lowest BCUT2D eigenvalue weighted by atomic mass is 9.68. The Kier molecular flexibility index (Phi) is 2.41. The van der Waals surface area contributed by atoms with Crippen LogP contribution in [-0.4, -0.2) is 6.18 Å². The summed E-state index contributed by atoms with van der Waals surface area (Å²) in [5, 5.41) is 0. The second-order valence-electron chi connectivity index (χ2n) is 4.06. The third kappa shape index (κ3) is 1.46. The molecule has 2 atom stereocenters. The van der Waals surface area contributed by atoms with E-state index in [1.54, 1.807) is 6.92 Å². The zero-order valence-corrected chi connectivity index (χ0v) is 7.54. The molecule has 0 saturated heterocycles. The molecule has 0 N–H and O–H groups in total. The minimum absolute atomic E-state index is 0.216. The number of rotatable bonds is 0. The van der Waals surface area contributed by atoms with Crippen LogP contribution in [-0.2, 0) is 0 Å². The van der Waals surface area contributed by atoms with E-state index in [1.165, 1.54) is 6.92 Å². The summed E-state index contributed by atoms with van der Waals surface area (Å²) < 4.78 is 37.7. The van der Waals surface area contributed by atoms with Gasteiger partial charge in [-0.25, -0.2) is 0 Å². The Balaban J connectivity index is 2.79. The van der Waals surface area contributed by atoms with Crippen LogP contribution < -0.4 is 0 Å². The summed E-state index contributed by atoms with van der Waals surface area (Å²) in [6.07, 6.45) is -1.33. The highest BCUT2D eigenvalue weighted by atomic mass is 19.4. The summed E-state index contributed by atoms with van der Waals surface area (Å²) in [4.78, 5) is 0. The van der Waals surface area contributed by atoms with E-state index < -0.39 is 11.6 Å². The van der Waals surface area contributed by atoms with Crippen molar-refractivity contribution in [3.63, 3.8) is 0 Å². The summed E-state index contributed by atoms with van der Waals surface area (Å²) in [7, 11) is 0. The maximum Gasteiger partial charge on any atom is 0.394 e. The number of alkyl halides is 3. The largest absolute Gasteiger partial charge is 0.394 e. The fourth-order valence-electron chi connectivity index (χ4n) is 1.93. The van der Waals surface area contributed by atoms with Crippen LogP contribution in [0.1, 0.15) is 39.5 Å². The van der Waals surface area contributed by atoms with E-state index in [2.05, 4.69) is 0 Å². The monoisotopic (exact) mass is 180 g/mol. The van der Waals surface area contributed by atoms with E-state index in [-0.39, 0.29) is 5.92 Å². The molecule has 3 heteroatoms. The fourth-order valence-corrected chi connectivity index (χ4v) is 1.93. The number of halogens is 3. The van der Waals surface area contributed by atoms with Gasteiger partial charge in [-0.1, -0.05) is 26.7 Å². The first-order chi connectivity index (χ1) is 5.38. The van der Waals surface area contributed by atoms with Crippen molar-refractivity contribution >= 4 is 0 Å². The molecule has 1 saturated carbocycles. The maximum absolute atomic E-state index is 12.6. The van der Waals surface area contributed by atoms with Crippen LogP contribution in [0.2, 0.25) is 0 Å². The molecule has 0 spiro atoms. The molecule has 1 aliphatic rings. The van der Waals surface area contributed by atoms with Gasteiger partial charge in [0.25, 0.3) is 0 Å². The Bertz CT molecular complexity index is 162. The van der Waals surface area contributed by atoms with Gasteiger partial charge >= 0.3 is 6.18 Å². The maximum atomic E-state index is 12.6. The Morgan fingerprint density at radius 2 is 1.83 bits per heavy atom. The van der Waals surface area contributed by atoms with Crippen LogP contribution in [0.25, 0.3) is 0 Å². The molecule has 0 aliphatic heterocycles. The minimum Gasteiger partial charge on any atom is -0.171 e. The molecule has 0 aromatic carbocycles. The molecule has 0 radical (unpaired) electrons. The van der Waals surface area contributed by atoms with Gasteiger partial charge < -0.3 is 0 Å². The summed E-state index contributed by atoms with van der Waals surface area (Å²) in [5.41, 5.74) is -1.43. The van der Waals surface area contributed by atoms with Gasteiger partial charge in [0.15, 0.2) is 0 Å². The lowest BCUT2D eigenvalue weighted by molar-refractivity contribution is -0.243. The van der Waals surface area contributed by atoms with E-state index in [4.69, 9.17) is 0 Å². The highest BCUT2D eigenvalue weighted by Crippen LogP contribution is 2.51. The molecule has 0 aromatic heterocycles. The normalized spacial score (nSPS) is 38.2. The van der Waals surface area contributed by atoms with Gasteiger partial charge in [-0.15, -0.1) is 0 Å². The van der Waals surface area contributed by atoms with Crippen molar-refractivity contribution in [1.29, 1.82) is 0 Å². The minimum atomic E-state index is -4.02. The zero-order chi connectivity index (χ0) is 9.41. The van der Waals surface area contributed by atoms with E-state index in [9.17, 15) is 13.2 Å². The van der Waals surface area contributed by atoms with Crippen LogP contribution in [0.5, 0.6) is 0 Å². The van der Waals surface area contributed by atoms with Crippen molar-refractivity contribution in [2.45, 2.75) is 45.7 Å². The third-order valence-electron chi connectivity index (χ3n) is 3.32. The van der Waals surface area contributed by atoms with Crippen molar-refractivity contribution in [2.24, 2.45) is 11.3 Å². The molecular weight excluding hydrogens is 165 g/mol. The molecule has 0 bridgehead atoms. The molecule has 1 aliphatic carbocycles. The average Bonchev–Trinajstić information content (AvgIpc) is 1.93. The second kappa shape index (κ2) is 2.93. The zero-order valence-electron chi connectivity index (χ0n) is 7.54. The van der Waals surface area contributed by atoms with E-state index in [1.807, 2.05) is 0 Å². The first-order valence-electron chi connectivity index (χ1n) is 4.44. The SMILES string of the molecule is C[C@@H]1CCCCC1(C)C(F)(F)F.